The van der Waals surface area contributed by atoms with Crippen LogP contribution < -0.4 is 0 Å². The van der Waals surface area contributed by atoms with Gasteiger partial charge in [0.25, 0.3) is 0 Å². The fourth-order valence-electron chi connectivity index (χ4n) is 9.52. The van der Waals surface area contributed by atoms with Crippen LogP contribution in [0.4, 0.5) is 0 Å². The Labute approximate surface area is 342 Å². The highest BCUT2D eigenvalue weighted by molar-refractivity contribution is 7.25. The van der Waals surface area contributed by atoms with Crippen molar-refractivity contribution in [1.82, 2.24) is 19.1 Å². The maximum absolute atomic E-state index is 5.45. The van der Waals surface area contributed by atoms with Gasteiger partial charge in [0.1, 0.15) is 0 Å². The van der Waals surface area contributed by atoms with Crippen molar-refractivity contribution in [2.45, 2.75) is 0 Å². The standard InChI is InChI=1S/C54H32N4S/c1-2-14-35(15-3-1)57-47-23-11-8-18-38(47)45-32-42(36-16-4-5-20-40(36)53(45)57)33-26-28-49-43(30-33)37-17-7-12-24-48(37)58(49)54-55-46-22-10-6-21-41(46)52(56-54)34-27-29-51-44(31-34)39-19-9-13-25-50(39)59-51/h1-32H. The van der Waals surface area contributed by atoms with Crippen LogP contribution in [0, 0.1) is 0 Å². The molecule has 0 amide bonds. The van der Waals surface area contributed by atoms with Gasteiger partial charge < -0.3 is 4.57 Å². The summed E-state index contributed by atoms with van der Waals surface area (Å²) >= 11 is 1.84. The van der Waals surface area contributed by atoms with E-state index in [2.05, 4.69) is 203 Å². The van der Waals surface area contributed by atoms with Gasteiger partial charge in [-0.05, 0) is 83.2 Å². The minimum Gasteiger partial charge on any atom is -0.309 e. The molecule has 0 aliphatic carbocycles. The first-order valence-corrected chi connectivity index (χ1v) is 20.8. The monoisotopic (exact) mass is 768 g/mol. The SMILES string of the molecule is c1ccc(-n2c3ccccc3c3cc(-c4ccc5c(c4)c4ccccc4n5-c4nc(-c5ccc6sc7ccccc7c6c5)c5ccccc5n4)c4ccccc4c32)cc1. The molecule has 4 nitrogen and oxygen atoms in total. The maximum Gasteiger partial charge on any atom is 0.235 e. The summed E-state index contributed by atoms with van der Waals surface area (Å²) in [5.74, 6) is 0.661. The molecule has 274 valence electrons. The number of hydrogen-bond donors (Lipinski definition) is 0. The van der Waals surface area contributed by atoms with Gasteiger partial charge in [-0.25, -0.2) is 9.97 Å². The predicted molar refractivity (Wildman–Crippen MR) is 249 cm³/mol. The number of hydrogen-bond acceptors (Lipinski definition) is 3. The Kier molecular flexibility index (Phi) is 6.85. The van der Waals surface area contributed by atoms with Gasteiger partial charge in [0, 0.05) is 63.7 Å². The zero-order chi connectivity index (χ0) is 38.6. The van der Waals surface area contributed by atoms with Crippen LogP contribution in [-0.2, 0) is 0 Å². The molecular weight excluding hydrogens is 737 g/mol. The summed E-state index contributed by atoms with van der Waals surface area (Å²) in [5.41, 5.74) is 11.0. The number of para-hydroxylation sites is 4. The zero-order valence-electron chi connectivity index (χ0n) is 31.7. The molecule has 0 saturated carbocycles. The first kappa shape index (κ1) is 32.5. The predicted octanol–water partition coefficient (Wildman–Crippen LogP) is 14.7. The minimum atomic E-state index is 0.661. The second-order valence-corrected chi connectivity index (χ2v) is 16.4. The molecule has 0 unspecified atom stereocenters. The van der Waals surface area contributed by atoms with Gasteiger partial charge in [-0.2, -0.15) is 0 Å². The van der Waals surface area contributed by atoms with Crippen molar-refractivity contribution in [1.29, 1.82) is 0 Å². The van der Waals surface area contributed by atoms with E-state index in [9.17, 15) is 0 Å². The molecule has 4 aromatic heterocycles. The molecule has 4 heterocycles. The molecule has 0 saturated heterocycles. The highest BCUT2D eigenvalue weighted by Crippen LogP contribution is 2.43. The van der Waals surface area contributed by atoms with Gasteiger partial charge in [0.15, 0.2) is 0 Å². The fraction of sp³-hybridized carbons (Fsp3) is 0. The molecule has 0 spiro atoms. The summed E-state index contributed by atoms with van der Waals surface area (Å²) in [7, 11) is 0. The molecule has 0 aliphatic heterocycles. The summed E-state index contributed by atoms with van der Waals surface area (Å²) in [5, 5.41) is 10.8. The van der Waals surface area contributed by atoms with Crippen LogP contribution in [0.2, 0.25) is 0 Å². The third-order valence-corrected chi connectivity index (χ3v) is 13.3. The van der Waals surface area contributed by atoms with E-state index in [0.29, 0.717) is 5.95 Å². The second-order valence-electron chi connectivity index (χ2n) is 15.3. The molecule has 0 N–H and O–H groups in total. The number of benzene rings is 9. The van der Waals surface area contributed by atoms with Crippen molar-refractivity contribution < 1.29 is 0 Å². The highest BCUT2D eigenvalue weighted by Gasteiger charge is 2.21. The summed E-state index contributed by atoms with van der Waals surface area (Å²) in [4.78, 5) is 10.7. The molecule has 13 rings (SSSR count). The van der Waals surface area contributed by atoms with Gasteiger partial charge >= 0.3 is 0 Å². The molecular formula is C54H32N4S. The molecule has 0 radical (unpaired) electrons. The van der Waals surface area contributed by atoms with Crippen molar-refractivity contribution in [3.05, 3.63) is 194 Å². The van der Waals surface area contributed by atoms with E-state index in [1.54, 1.807) is 0 Å². The van der Waals surface area contributed by atoms with Gasteiger partial charge in [-0.1, -0.05) is 127 Å². The van der Waals surface area contributed by atoms with Crippen LogP contribution in [0.25, 0.3) is 119 Å². The molecule has 0 bridgehead atoms. The molecule has 9 aromatic carbocycles. The Morgan fingerprint density at radius 1 is 0.356 bits per heavy atom. The first-order valence-electron chi connectivity index (χ1n) is 20.0. The third-order valence-electron chi connectivity index (χ3n) is 12.1. The topological polar surface area (TPSA) is 35.6 Å². The van der Waals surface area contributed by atoms with Crippen LogP contribution >= 0.6 is 11.3 Å². The maximum atomic E-state index is 5.45. The van der Waals surface area contributed by atoms with Crippen LogP contribution in [0.5, 0.6) is 0 Å². The molecule has 13 aromatic rings. The number of thiophene rings is 1. The van der Waals surface area contributed by atoms with Crippen LogP contribution in [0.15, 0.2) is 194 Å². The smallest absolute Gasteiger partial charge is 0.235 e. The summed E-state index contributed by atoms with van der Waals surface area (Å²) in [6.07, 6.45) is 0. The normalized spacial score (nSPS) is 12.1. The quantitative estimate of drug-likeness (QED) is 0.179. The largest absolute Gasteiger partial charge is 0.309 e. The number of fused-ring (bicyclic) bond motifs is 12. The van der Waals surface area contributed by atoms with E-state index in [1.165, 1.54) is 74.6 Å². The van der Waals surface area contributed by atoms with Crippen LogP contribution in [0.1, 0.15) is 0 Å². The van der Waals surface area contributed by atoms with Crippen molar-refractivity contribution in [2.24, 2.45) is 0 Å². The van der Waals surface area contributed by atoms with Crippen LogP contribution in [0.3, 0.4) is 0 Å². The molecule has 59 heavy (non-hydrogen) atoms. The minimum absolute atomic E-state index is 0.661. The van der Waals surface area contributed by atoms with E-state index >= 15 is 0 Å². The zero-order valence-corrected chi connectivity index (χ0v) is 32.5. The molecule has 0 atom stereocenters. The summed E-state index contributed by atoms with van der Waals surface area (Å²) < 4.78 is 7.24. The number of rotatable bonds is 4. The Bertz CT molecular complexity index is 3850. The Balaban J connectivity index is 1.05. The van der Waals surface area contributed by atoms with Gasteiger partial charge in [0.05, 0.1) is 33.3 Å². The Hall–Kier alpha value is -7.60. The lowest BCUT2D eigenvalue weighted by atomic mass is 9.94. The Morgan fingerprint density at radius 2 is 0.949 bits per heavy atom. The third kappa shape index (κ3) is 4.77. The lowest BCUT2D eigenvalue weighted by Gasteiger charge is -2.13. The van der Waals surface area contributed by atoms with Crippen molar-refractivity contribution in [3.63, 3.8) is 0 Å². The average molecular weight is 769 g/mol. The van der Waals surface area contributed by atoms with Crippen molar-refractivity contribution in [2.75, 3.05) is 0 Å². The molecule has 5 heteroatoms. The van der Waals surface area contributed by atoms with E-state index < -0.39 is 0 Å². The number of aromatic nitrogens is 4. The molecule has 0 aliphatic rings. The van der Waals surface area contributed by atoms with Crippen molar-refractivity contribution >= 4 is 96.8 Å². The molecule has 0 fully saturated rings. The van der Waals surface area contributed by atoms with E-state index in [4.69, 9.17) is 9.97 Å². The summed E-state index contributed by atoms with van der Waals surface area (Å²) in [6, 6.07) is 70.2. The van der Waals surface area contributed by atoms with E-state index in [0.717, 1.165) is 38.9 Å². The lowest BCUT2D eigenvalue weighted by molar-refractivity contribution is 1.01. The van der Waals surface area contributed by atoms with Gasteiger partial charge in [-0.15, -0.1) is 11.3 Å². The first-order chi connectivity index (χ1) is 29.3. The van der Waals surface area contributed by atoms with E-state index in [-0.39, 0.29) is 0 Å². The van der Waals surface area contributed by atoms with E-state index in [1.807, 2.05) is 11.3 Å². The Morgan fingerprint density at radius 3 is 1.78 bits per heavy atom. The fourth-order valence-corrected chi connectivity index (χ4v) is 10.6. The van der Waals surface area contributed by atoms with Crippen LogP contribution in [-0.4, -0.2) is 19.1 Å². The van der Waals surface area contributed by atoms with Gasteiger partial charge in [-0.3, -0.25) is 4.57 Å². The van der Waals surface area contributed by atoms with Crippen molar-refractivity contribution in [3.8, 4) is 34.0 Å². The highest BCUT2D eigenvalue weighted by atomic mass is 32.1. The second kappa shape index (κ2) is 12.4. The number of nitrogens with zero attached hydrogens (tertiary/aromatic N) is 4. The summed E-state index contributed by atoms with van der Waals surface area (Å²) in [6.45, 7) is 0. The lowest BCUT2D eigenvalue weighted by Crippen LogP contribution is -2.03. The van der Waals surface area contributed by atoms with Gasteiger partial charge in [0.2, 0.25) is 5.95 Å². The average Bonchev–Trinajstić information content (AvgIpc) is 3.96.